The molecule has 4 aliphatic carbocycles. The number of pyridine rings is 2. The highest BCUT2D eigenvalue weighted by Crippen LogP contribution is 2.47. The molecule has 326 valence electrons. The third kappa shape index (κ3) is 8.61. The molecule has 63 heavy (non-hydrogen) atoms. The maximum Gasteiger partial charge on any atom is 0.195 e. The lowest BCUT2D eigenvalue weighted by Crippen LogP contribution is -2.50. The number of rotatable bonds is 3. The largest absolute Gasteiger partial charge is 0.353 e. The van der Waals surface area contributed by atoms with Crippen molar-refractivity contribution in [2.45, 2.75) is 63.5 Å². The van der Waals surface area contributed by atoms with E-state index in [0.29, 0.717) is 37.5 Å². The zero-order valence-electron chi connectivity index (χ0n) is 36.3. The summed E-state index contributed by atoms with van der Waals surface area (Å²) in [6, 6.07) is 28.1. The van der Waals surface area contributed by atoms with Crippen LogP contribution >= 0.6 is 34.8 Å². The fourth-order valence-corrected chi connectivity index (χ4v) is 11.2. The van der Waals surface area contributed by atoms with E-state index < -0.39 is 7.15 Å². The number of benzene rings is 4. The molecule has 0 unspecified atom stereocenters. The van der Waals surface area contributed by atoms with Crippen LogP contribution in [0.25, 0.3) is 44.1 Å². The summed E-state index contributed by atoms with van der Waals surface area (Å²) in [5.74, 6) is 0.967. The van der Waals surface area contributed by atoms with E-state index in [1.165, 1.54) is 77.5 Å². The molecule has 2 saturated heterocycles. The van der Waals surface area contributed by atoms with Gasteiger partial charge in [-0.1, -0.05) is 109 Å². The van der Waals surface area contributed by atoms with Crippen molar-refractivity contribution in [1.82, 2.24) is 25.1 Å². The van der Waals surface area contributed by atoms with Crippen LogP contribution in [-0.2, 0) is 0 Å². The molecule has 4 aromatic carbocycles. The summed E-state index contributed by atoms with van der Waals surface area (Å²) in [4.78, 5) is 43.2. The fraction of sp³-hybridized carbons (Fsp3) is 0.373. The van der Waals surface area contributed by atoms with E-state index in [4.69, 9.17) is 41.2 Å². The lowest BCUT2D eigenvalue weighted by atomic mass is 10.0. The molecular weight excluding hydrogens is 854 g/mol. The van der Waals surface area contributed by atoms with Crippen molar-refractivity contribution in [2.75, 3.05) is 64.4 Å². The number of aromatic nitrogens is 2. The molecule has 1 N–H and O–H groups in total. The number of ketones is 2. The van der Waals surface area contributed by atoms with E-state index in [1.54, 1.807) is 18.2 Å². The van der Waals surface area contributed by atoms with Gasteiger partial charge >= 0.3 is 0 Å². The van der Waals surface area contributed by atoms with Gasteiger partial charge in [-0.05, 0) is 73.2 Å². The summed E-state index contributed by atoms with van der Waals surface area (Å²) in [6.07, 6.45) is 11.3. The van der Waals surface area contributed by atoms with Crippen LogP contribution in [0.4, 0.5) is 10.2 Å². The summed E-state index contributed by atoms with van der Waals surface area (Å²) >= 11 is 18.5. The highest BCUT2D eigenvalue weighted by molar-refractivity contribution is 6.39. The monoisotopic (exact) mass is 905 g/mol. The van der Waals surface area contributed by atoms with Crippen LogP contribution in [0.1, 0.15) is 84.6 Å². The second-order valence-electron chi connectivity index (χ2n) is 17.1. The van der Waals surface area contributed by atoms with Gasteiger partial charge in [0.2, 0.25) is 0 Å². The summed E-state index contributed by atoms with van der Waals surface area (Å²) < 4.78 is 15.5. The Morgan fingerprint density at radius 3 is 1.59 bits per heavy atom. The van der Waals surface area contributed by atoms with Crippen LogP contribution in [0.3, 0.4) is 0 Å². The predicted octanol–water partition coefficient (Wildman–Crippen LogP) is 11.3. The van der Waals surface area contributed by atoms with E-state index in [9.17, 15) is 14.0 Å². The molecule has 4 fully saturated rings. The van der Waals surface area contributed by atoms with Crippen molar-refractivity contribution in [3.8, 4) is 22.3 Å². The lowest BCUT2D eigenvalue weighted by Gasteiger charge is -2.39. The zero-order chi connectivity index (χ0) is 44.3. The smallest absolute Gasteiger partial charge is 0.195 e. The van der Waals surface area contributed by atoms with Gasteiger partial charge in [-0.3, -0.25) is 23.8 Å². The third-order valence-corrected chi connectivity index (χ3v) is 14.4. The van der Waals surface area contributed by atoms with Crippen LogP contribution < -0.4 is 10.2 Å². The Bertz CT molecular complexity index is 2690. The fourth-order valence-electron chi connectivity index (χ4n) is 10.6. The van der Waals surface area contributed by atoms with Crippen LogP contribution in [0.15, 0.2) is 84.9 Å². The topological polar surface area (TPSA) is 81.7 Å². The number of para-hydroxylation sites is 2. The van der Waals surface area contributed by atoms with E-state index >= 15 is 0 Å². The molecule has 2 saturated carbocycles. The zero-order valence-corrected chi connectivity index (χ0v) is 37.6. The molecule has 0 amide bonds. The summed E-state index contributed by atoms with van der Waals surface area (Å²) in [6.45, 7) is 9.00. The van der Waals surface area contributed by atoms with E-state index in [0.717, 1.165) is 88.1 Å². The van der Waals surface area contributed by atoms with Crippen LogP contribution in [0.5, 0.6) is 0 Å². The number of anilines is 1. The Kier molecular flexibility index (Phi) is 13.0. The van der Waals surface area contributed by atoms with Gasteiger partial charge in [0.05, 0.1) is 19.6 Å². The van der Waals surface area contributed by atoms with Gasteiger partial charge in [0.25, 0.3) is 0 Å². The molecule has 12 rings (SSSR count). The number of carbonyl (C=O) groups excluding carboxylic acids is 2. The van der Waals surface area contributed by atoms with Crippen molar-refractivity contribution < 1.29 is 15.4 Å². The summed E-state index contributed by atoms with van der Waals surface area (Å²) in [5.41, 5.74) is 7.77. The number of hydrogen-bond acceptors (Lipinski definition) is 8. The molecular formula is C51H52Cl3FN6O2. The van der Waals surface area contributed by atoms with Crippen molar-refractivity contribution >= 4 is 74.0 Å². The standard InChI is InChI=1S/C25H24ClN3O.C16H7Cl2NO.C9H18N2.CH3F/c26-16-9-10-18-20(15-16)24(30)22-19-7-3-4-8-21(19)27-25(23(18)22)29-13-11-28(12-14-29)17-5-1-2-6-17;17-8-5-6-9-11(7-8)15(20)13-10-3-1-2-4-12(10)19-16(18)14(9)13;1-2-4-9(3-1)11-7-5-10-6-8-11;1-2/h3-4,7-10,15,17H,1-2,5-6,11-14H2;1-7H;9-10H,1-8H2;1H3/i;;;1D. The average molecular weight is 907 g/mol. The molecule has 0 atom stereocenters. The van der Waals surface area contributed by atoms with Crippen molar-refractivity contribution in [3.05, 3.63) is 122 Å². The first-order valence-electron chi connectivity index (χ1n) is 23.0. The van der Waals surface area contributed by atoms with Crippen LogP contribution in [0.2, 0.25) is 15.2 Å². The SMILES string of the molecule is C1CCC(N2CCNCC2)C1.O=C1c2cc(Cl)ccc2-c2c(Cl)nc3ccccc3c21.O=C1c2cc(Cl)ccc2-c2c(N3CCN(C4CCCC4)CC3)nc3ccccc3c21.[2H]CF. The Hall–Kier alpha value is -4.48. The van der Waals surface area contributed by atoms with Gasteiger partial charge in [0, 0.05) is 119 Å². The van der Waals surface area contributed by atoms with Gasteiger partial charge < -0.3 is 10.2 Å². The Labute approximate surface area is 385 Å². The predicted molar refractivity (Wildman–Crippen MR) is 256 cm³/mol. The van der Waals surface area contributed by atoms with Crippen molar-refractivity contribution in [1.29, 1.82) is 0 Å². The number of nitrogens with one attached hydrogen (secondary N) is 1. The van der Waals surface area contributed by atoms with E-state index in [1.807, 2.05) is 66.7 Å². The minimum Gasteiger partial charge on any atom is -0.353 e. The number of piperazine rings is 2. The molecule has 6 aliphatic rings. The first kappa shape index (κ1) is 42.5. The van der Waals surface area contributed by atoms with E-state index in [2.05, 4.69) is 25.0 Å². The minimum atomic E-state index is -1.00. The molecule has 0 radical (unpaired) electrons. The summed E-state index contributed by atoms with van der Waals surface area (Å²) in [7, 11) is -1.00. The maximum atomic E-state index is 13.4. The molecule has 0 bridgehead atoms. The van der Waals surface area contributed by atoms with Gasteiger partial charge in [-0.25, -0.2) is 9.97 Å². The molecule has 8 nitrogen and oxygen atoms in total. The number of nitrogens with zero attached hydrogens (tertiary/aromatic N) is 5. The van der Waals surface area contributed by atoms with Crippen molar-refractivity contribution in [3.63, 3.8) is 0 Å². The maximum absolute atomic E-state index is 13.4. The first-order chi connectivity index (χ1) is 31.2. The van der Waals surface area contributed by atoms with Crippen LogP contribution in [-0.4, -0.2) is 103 Å². The average Bonchev–Trinajstić information content (AvgIpc) is 4.16. The van der Waals surface area contributed by atoms with Gasteiger partial charge in [-0.15, -0.1) is 0 Å². The normalized spacial score (nSPS) is 18.7. The first-order valence-corrected chi connectivity index (χ1v) is 23.4. The highest BCUT2D eigenvalue weighted by Gasteiger charge is 2.36. The second-order valence-corrected chi connectivity index (χ2v) is 18.3. The number of alkyl halides is 1. The molecule has 4 heterocycles. The van der Waals surface area contributed by atoms with Gasteiger partial charge in [0.1, 0.15) is 11.0 Å². The molecule has 2 aromatic heterocycles. The van der Waals surface area contributed by atoms with Gasteiger partial charge in [0.15, 0.2) is 11.6 Å². The number of carbonyl (C=O) groups is 2. The Balaban J connectivity index is 0.000000130. The number of hydrogen-bond donors (Lipinski definition) is 1. The highest BCUT2D eigenvalue weighted by atomic mass is 35.5. The van der Waals surface area contributed by atoms with Crippen LogP contribution in [0, 0.1) is 0 Å². The molecule has 2 aliphatic heterocycles. The lowest BCUT2D eigenvalue weighted by molar-refractivity contribution is 0.103. The number of fused-ring (bicyclic) bond motifs is 10. The Morgan fingerprint density at radius 1 is 0.587 bits per heavy atom. The second kappa shape index (κ2) is 19.3. The van der Waals surface area contributed by atoms with Gasteiger partial charge in [-0.2, -0.15) is 0 Å². The van der Waals surface area contributed by atoms with Crippen molar-refractivity contribution in [2.24, 2.45) is 0 Å². The molecule has 6 aromatic rings. The molecule has 0 spiro atoms. The number of halogens is 4. The quantitative estimate of drug-likeness (QED) is 0.176. The minimum absolute atomic E-state index is 0.0435. The third-order valence-electron chi connectivity index (χ3n) is 13.6. The summed E-state index contributed by atoms with van der Waals surface area (Å²) in [5, 5.41) is 6.64. The van der Waals surface area contributed by atoms with E-state index in [-0.39, 0.29) is 11.6 Å². The Morgan fingerprint density at radius 2 is 1.05 bits per heavy atom. The molecule has 12 heteroatoms.